The number of benzene rings is 2. The van der Waals surface area contributed by atoms with E-state index in [1.807, 2.05) is 25.1 Å². The molecule has 0 radical (unpaired) electrons. The fourth-order valence-corrected chi connectivity index (χ4v) is 5.21. The summed E-state index contributed by atoms with van der Waals surface area (Å²) >= 11 is 7.29. The van der Waals surface area contributed by atoms with Gasteiger partial charge in [0, 0.05) is 38.6 Å². The van der Waals surface area contributed by atoms with Gasteiger partial charge >= 0.3 is 0 Å². The fraction of sp³-hybridized carbons (Fsp3) is 0.440. The van der Waals surface area contributed by atoms with Crippen molar-refractivity contribution in [3.8, 4) is 0 Å². The molecule has 7 nitrogen and oxygen atoms in total. The van der Waals surface area contributed by atoms with Crippen molar-refractivity contribution >= 4 is 23.4 Å². The van der Waals surface area contributed by atoms with Crippen molar-refractivity contribution in [1.29, 1.82) is 0 Å². The number of nitrogens with one attached hydrogen (secondary N) is 2. The number of morpholine rings is 1. The molecule has 4 rings (SSSR count). The van der Waals surface area contributed by atoms with Gasteiger partial charge < -0.3 is 20.1 Å². The lowest BCUT2D eigenvalue weighted by atomic mass is 9.86. The second-order valence-corrected chi connectivity index (χ2v) is 9.45. The Bertz CT molecular complexity index is 987. The van der Waals surface area contributed by atoms with Gasteiger partial charge in [-0.05, 0) is 31.0 Å². The zero-order valence-corrected chi connectivity index (χ0v) is 19.8. The minimum Gasteiger partial charge on any atom is -0.354 e. The van der Waals surface area contributed by atoms with Gasteiger partial charge in [0.25, 0.3) is 5.91 Å². The number of hydrogen-bond acceptors (Lipinski definition) is 5. The monoisotopic (exact) mass is 471 g/mol. The molecule has 0 spiro atoms. The molecule has 2 amide bonds. The summed E-state index contributed by atoms with van der Waals surface area (Å²) in [7, 11) is 1.58. The highest BCUT2D eigenvalue weighted by Gasteiger charge is 2.58. The number of piperidine rings is 1. The summed E-state index contributed by atoms with van der Waals surface area (Å²) in [6, 6.07) is 16.9. The predicted molar refractivity (Wildman–Crippen MR) is 126 cm³/mol. The van der Waals surface area contributed by atoms with E-state index in [1.54, 1.807) is 19.2 Å². The van der Waals surface area contributed by atoms with Crippen molar-refractivity contribution in [3.05, 3.63) is 71.3 Å². The molecule has 2 bridgehead atoms. The third-order valence-electron chi connectivity index (χ3n) is 6.33. The fourth-order valence-electron chi connectivity index (χ4n) is 4.73. The summed E-state index contributed by atoms with van der Waals surface area (Å²) in [5.74, 6) is -0.407. The van der Waals surface area contributed by atoms with Gasteiger partial charge in [0.2, 0.25) is 5.91 Å². The number of nitrogens with zero attached hydrogens (tertiary/aromatic N) is 1. The van der Waals surface area contributed by atoms with Crippen LogP contribution in [0.1, 0.15) is 41.3 Å². The summed E-state index contributed by atoms with van der Waals surface area (Å²) < 4.78 is 11.8. The number of carbonyl (C=O) groups excluding carboxylic acids is 2. The van der Waals surface area contributed by atoms with Crippen molar-refractivity contribution in [2.45, 2.75) is 62.8 Å². The molecular weight excluding hydrogens is 442 g/mol. The smallest absolute Gasteiger partial charge is 0.251 e. The molecule has 2 heterocycles. The Morgan fingerprint density at radius 3 is 2.48 bits per heavy atom. The Balaban J connectivity index is 1.63. The van der Waals surface area contributed by atoms with Crippen LogP contribution in [0.5, 0.6) is 0 Å². The molecule has 0 saturated carbocycles. The van der Waals surface area contributed by atoms with Gasteiger partial charge in [-0.1, -0.05) is 59.6 Å². The van der Waals surface area contributed by atoms with E-state index in [0.717, 1.165) is 5.56 Å². The molecule has 2 aromatic carbocycles. The van der Waals surface area contributed by atoms with Crippen LogP contribution in [0.3, 0.4) is 0 Å². The third kappa shape index (κ3) is 5.06. The molecule has 0 aliphatic carbocycles. The van der Waals surface area contributed by atoms with Gasteiger partial charge in [-0.25, -0.2) is 0 Å². The number of ether oxygens (including phenoxy) is 2. The van der Waals surface area contributed by atoms with Crippen LogP contribution in [0.4, 0.5) is 0 Å². The maximum absolute atomic E-state index is 12.9. The van der Waals surface area contributed by atoms with E-state index in [-0.39, 0.29) is 23.9 Å². The third-order valence-corrected chi connectivity index (χ3v) is 6.90. The van der Waals surface area contributed by atoms with E-state index in [2.05, 4.69) is 39.8 Å². The highest BCUT2D eigenvalue weighted by molar-refractivity contribution is 6.24. The normalized spacial score (nSPS) is 29.3. The maximum Gasteiger partial charge on any atom is 0.251 e. The first-order chi connectivity index (χ1) is 15.8. The highest BCUT2D eigenvalue weighted by Crippen LogP contribution is 2.45. The largest absolute Gasteiger partial charge is 0.354 e. The number of methoxy groups -OCH3 is 1. The number of carbonyl (C=O) groups is 2. The highest BCUT2D eigenvalue weighted by atomic mass is 35.5. The van der Waals surface area contributed by atoms with Crippen molar-refractivity contribution in [3.63, 3.8) is 0 Å². The van der Waals surface area contributed by atoms with Crippen LogP contribution < -0.4 is 10.6 Å². The minimum absolute atomic E-state index is 0.156. The van der Waals surface area contributed by atoms with E-state index in [1.165, 1.54) is 12.5 Å². The van der Waals surface area contributed by atoms with Crippen LogP contribution in [0.15, 0.2) is 54.6 Å². The van der Waals surface area contributed by atoms with Crippen molar-refractivity contribution < 1.29 is 19.1 Å². The number of hydrogen-bond donors (Lipinski definition) is 2. The second-order valence-electron chi connectivity index (χ2n) is 8.80. The Labute approximate surface area is 199 Å². The van der Waals surface area contributed by atoms with Gasteiger partial charge in [-0.3, -0.25) is 14.5 Å². The Morgan fingerprint density at radius 2 is 1.85 bits per heavy atom. The van der Waals surface area contributed by atoms with E-state index < -0.39 is 17.5 Å². The van der Waals surface area contributed by atoms with Gasteiger partial charge in [-0.2, -0.15) is 0 Å². The molecule has 2 N–H and O–H groups in total. The standard InChI is InChI=1S/C25H30ClN3O4/c1-16-9-11-18(12-10-16)15-29-21-13-20(28-22(31)19-7-5-4-6-8-19)14-25(29,26)24(27-17(2)30)33-23(21)32-3/h4-12,20-21,23-24H,13-15H2,1-3H3,(H,27,30)(H,28,31). The molecule has 5 atom stereocenters. The zero-order chi connectivity index (χ0) is 23.6. The first-order valence-corrected chi connectivity index (χ1v) is 11.5. The summed E-state index contributed by atoms with van der Waals surface area (Å²) in [5.41, 5.74) is 2.86. The maximum atomic E-state index is 12.9. The first kappa shape index (κ1) is 23.7. The lowest BCUT2D eigenvalue weighted by molar-refractivity contribution is -0.276. The topological polar surface area (TPSA) is 79.9 Å². The summed E-state index contributed by atoms with van der Waals surface area (Å²) in [6.45, 7) is 4.04. The van der Waals surface area contributed by atoms with Gasteiger partial charge in [0.1, 0.15) is 5.00 Å². The van der Waals surface area contributed by atoms with Crippen molar-refractivity contribution in [2.75, 3.05) is 7.11 Å². The number of aryl methyl sites for hydroxylation is 1. The summed E-state index contributed by atoms with van der Waals surface area (Å²) in [5, 5.41) is 5.97. The molecule has 2 aliphatic heterocycles. The number of fused-ring (bicyclic) bond motifs is 2. The van der Waals surface area contributed by atoms with Crippen LogP contribution in [0, 0.1) is 6.92 Å². The lowest BCUT2D eigenvalue weighted by Gasteiger charge is -2.58. The summed E-state index contributed by atoms with van der Waals surface area (Å²) in [6.07, 6.45) is -0.420. The molecule has 176 valence electrons. The number of halogens is 1. The summed E-state index contributed by atoms with van der Waals surface area (Å²) in [4.78, 5) is 25.9. The second kappa shape index (κ2) is 9.81. The first-order valence-electron chi connectivity index (χ1n) is 11.1. The molecule has 33 heavy (non-hydrogen) atoms. The molecule has 2 saturated heterocycles. The van der Waals surface area contributed by atoms with Crippen LogP contribution in [-0.4, -0.2) is 53.4 Å². The number of alkyl halides is 1. The molecule has 2 aromatic rings. The van der Waals surface area contributed by atoms with E-state index in [9.17, 15) is 9.59 Å². The van der Waals surface area contributed by atoms with Gasteiger partial charge in [0.05, 0.1) is 6.04 Å². The Morgan fingerprint density at radius 1 is 1.15 bits per heavy atom. The van der Waals surface area contributed by atoms with Crippen LogP contribution in [-0.2, 0) is 20.8 Å². The van der Waals surface area contributed by atoms with E-state index in [0.29, 0.717) is 24.9 Å². The van der Waals surface area contributed by atoms with Crippen LogP contribution in [0.25, 0.3) is 0 Å². The van der Waals surface area contributed by atoms with E-state index >= 15 is 0 Å². The molecule has 2 fully saturated rings. The molecule has 8 heteroatoms. The van der Waals surface area contributed by atoms with E-state index in [4.69, 9.17) is 21.1 Å². The van der Waals surface area contributed by atoms with Gasteiger partial charge in [0.15, 0.2) is 12.5 Å². The van der Waals surface area contributed by atoms with Crippen LogP contribution in [0.2, 0.25) is 0 Å². The zero-order valence-electron chi connectivity index (χ0n) is 19.1. The number of rotatable bonds is 6. The SMILES string of the molecule is COC1OC(NC(C)=O)C2(Cl)CC(NC(=O)c3ccccc3)CC1N2Cc1ccc(C)cc1. The minimum atomic E-state index is -1.07. The van der Waals surface area contributed by atoms with Gasteiger partial charge in [-0.15, -0.1) is 0 Å². The molecular formula is C25H30ClN3O4. The van der Waals surface area contributed by atoms with Crippen molar-refractivity contribution in [1.82, 2.24) is 15.5 Å². The lowest BCUT2D eigenvalue weighted by Crippen LogP contribution is -2.74. The molecule has 2 aliphatic rings. The average molecular weight is 472 g/mol. The Hall–Kier alpha value is -2.45. The van der Waals surface area contributed by atoms with Crippen molar-refractivity contribution in [2.24, 2.45) is 0 Å². The molecule has 5 unspecified atom stereocenters. The molecule has 0 aromatic heterocycles. The Kier molecular flexibility index (Phi) is 7.05. The average Bonchev–Trinajstić information content (AvgIpc) is 2.79. The quantitative estimate of drug-likeness (QED) is 0.499. The van der Waals surface area contributed by atoms with Crippen LogP contribution >= 0.6 is 11.6 Å². The predicted octanol–water partition coefficient (Wildman–Crippen LogP) is 3.16. The number of amides is 2.